The van der Waals surface area contributed by atoms with Crippen LogP contribution in [0.25, 0.3) is 16.6 Å². The van der Waals surface area contributed by atoms with Crippen molar-refractivity contribution in [3.8, 4) is 0 Å². The van der Waals surface area contributed by atoms with E-state index in [0.29, 0.717) is 24.5 Å². The van der Waals surface area contributed by atoms with Gasteiger partial charge in [0.15, 0.2) is 0 Å². The number of carbonyl (C=O) groups is 1. The van der Waals surface area contributed by atoms with Gasteiger partial charge in [-0.25, -0.2) is 14.8 Å². The first-order valence-electron chi connectivity index (χ1n) is 8.10. The van der Waals surface area contributed by atoms with Gasteiger partial charge in [0, 0.05) is 29.4 Å². The molecule has 0 saturated carbocycles. The van der Waals surface area contributed by atoms with Crippen LogP contribution >= 0.6 is 27.5 Å². The van der Waals surface area contributed by atoms with E-state index >= 15 is 0 Å². The number of hydrogen-bond acceptors (Lipinski definition) is 3. The molecule has 4 rings (SSSR count). The number of urea groups is 1. The summed E-state index contributed by atoms with van der Waals surface area (Å²) in [6.07, 6.45) is 5.97. The third-order valence-electron chi connectivity index (χ3n) is 4.30. The summed E-state index contributed by atoms with van der Waals surface area (Å²) in [5.41, 5.74) is 3.38. The number of aromatic nitrogens is 3. The molecule has 3 heterocycles. The lowest BCUT2D eigenvalue weighted by Gasteiger charge is -2.26. The molecule has 0 atom stereocenters. The van der Waals surface area contributed by atoms with Gasteiger partial charge in [-0.2, -0.15) is 0 Å². The summed E-state index contributed by atoms with van der Waals surface area (Å²) in [6, 6.07) is 7.41. The third-order valence-corrected chi connectivity index (χ3v) is 5.09. The van der Waals surface area contributed by atoms with Crippen molar-refractivity contribution in [3.05, 3.63) is 58.1 Å². The number of nitrogens with one attached hydrogen (secondary N) is 2. The largest absolute Gasteiger partial charge is 0.344 e. The molecule has 0 aliphatic carbocycles. The van der Waals surface area contributed by atoms with Gasteiger partial charge < -0.3 is 15.2 Å². The fourth-order valence-corrected chi connectivity index (χ4v) is 3.64. The zero-order valence-electron chi connectivity index (χ0n) is 13.7. The fourth-order valence-electron chi connectivity index (χ4n) is 3.01. The number of fused-ring (bicyclic) bond motifs is 1. The van der Waals surface area contributed by atoms with Crippen LogP contribution in [-0.4, -0.2) is 39.0 Å². The summed E-state index contributed by atoms with van der Waals surface area (Å²) in [5.74, 6) is 0. The van der Waals surface area contributed by atoms with Crippen molar-refractivity contribution < 1.29 is 4.79 Å². The summed E-state index contributed by atoms with van der Waals surface area (Å²) in [7, 11) is 0. The van der Waals surface area contributed by atoms with Gasteiger partial charge >= 0.3 is 6.03 Å². The van der Waals surface area contributed by atoms with Crippen molar-refractivity contribution in [1.82, 2.24) is 19.9 Å². The van der Waals surface area contributed by atoms with Gasteiger partial charge in [-0.1, -0.05) is 39.7 Å². The number of anilines is 1. The van der Waals surface area contributed by atoms with Gasteiger partial charge in [-0.15, -0.1) is 0 Å². The number of hydrogen-bond donors (Lipinski definition) is 2. The Morgan fingerprint density at radius 2 is 2.23 bits per heavy atom. The van der Waals surface area contributed by atoms with Crippen LogP contribution in [0.15, 0.2) is 47.3 Å². The molecule has 26 heavy (non-hydrogen) atoms. The van der Waals surface area contributed by atoms with Crippen LogP contribution in [0.1, 0.15) is 12.1 Å². The number of halogens is 2. The predicted octanol–water partition coefficient (Wildman–Crippen LogP) is 4.70. The molecule has 2 N–H and O–H groups in total. The monoisotopic (exact) mass is 431 g/mol. The van der Waals surface area contributed by atoms with Crippen molar-refractivity contribution in [3.63, 3.8) is 0 Å². The number of carbonyl (C=O) groups excluding carboxylic acids is 1. The standard InChI is InChI=1S/C18H15BrClN5O/c19-12-2-1-3-13(8-12)24-18(26)25-6-4-11(5-7-25)16-15-14(20)9-21-17(15)23-10-22-16/h1-4,8-10H,5-7H2,(H,24,26)(H,21,22,23). The van der Waals surface area contributed by atoms with E-state index in [1.54, 1.807) is 11.1 Å². The lowest BCUT2D eigenvalue weighted by Crippen LogP contribution is -2.37. The molecule has 0 bridgehead atoms. The summed E-state index contributed by atoms with van der Waals surface area (Å²) in [6.45, 7) is 1.13. The molecule has 1 aliphatic rings. The number of H-pyrrole nitrogens is 1. The number of nitrogens with zero attached hydrogens (tertiary/aromatic N) is 3. The second kappa shape index (κ2) is 7.09. The van der Waals surface area contributed by atoms with E-state index in [-0.39, 0.29) is 6.03 Å². The molecule has 1 aliphatic heterocycles. The highest BCUT2D eigenvalue weighted by Gasteiger charge is 2.21. The van der Waals surface area contributed by atoms with Crippen molar-refractivity contribution in [2.75, 3.05) is 18.4 Å². The van der Waals surface area contributed by atoms with Crippen LogP contribution in [0.4, 0.5) is 10.5 Å². The van der Waals surface area contributed by atoms with E-state index < -0.39 is 0 Å². The minimum atomic E-state index is -0.120. The lowest BCUT2D eigenvalue weighted by molar-refractivity contribution is 0.217. The molecule has 6 nitrogen and oxygen atoms in total. The fraction of sp³-hybridized carbons (Fsp3) is 0.167. The SMILES string of the molecule is O=C(Nc1cccc(Br)c1)N1CC=C(c2ncnc3[nH]cc(Cl)c23)CC1. The maximum absolute atomic E-state index is 12.5. The third kappa shape index (κ3) is 3.32. The summed E-state index contributed by atoms with van der Waals surface area (Å²) < 4.78 is 0.923. The average molecular weight is 433 g/mol. The number of benzene rings is 1. The quantitative estimate of drug-likeness (QED) is 0.617. The van der Waals surface area contributed by atoms with Gasteiger partial charge in [0.2, 0.25) is 0 Å². The smallest absolute Gasteiger partial charge is 0.322 e. The molecular weight excluding hydrogens is 418 g/mol. The van der Waals surface area contributed by atoms with Crippen LogP contribution in [0, 0.1) is 0 Å². The molecule has 1 aromatic carbocycles. The minimum Gasteiger partial charge on any atom is -0.344 e. The molecular formula is C18H15BrClN5O. The normalized spacial score (nSPS) is 14.4. The van der Waals surface area contributed by atoms with E-state index in [4.69, 9.17) is 11.6 Å². The molecule has 8 heteroatoms. The molecule has 2 amide bonds. The first kappa shape index (κ1) is 17.1. The van der Waals surface area contributed by atoms with Crippen molar-refractivity contribution in [1.29, 1.82) is 0 Å². The Bertz CT molecular complexity index is 1020. The average Bonchev–Trinajstić information content (AvgIpc) is 3.03. The van der Waals surface area contributed by atoms with Crippen LogP contribution < -0.4 is 5.32 Å². The molecule has 132 valence electrons. The van der Waals surface area contributed by atoms with Crippen LogP contribution in [-0.2, 0) is 0 Å². The molecule has 0 unspecified atom stereocenters. The van der Waals surface area contributed by atoms with Crippen LogP contribution in [0.3, 0.4) is 0 Å². The maximum Gasteiger partial charge on any atom is 0.322 e. The van der Waals surface area contributed by atoms with Crippen molar-refractivity contribution >= 4 is 55.9 Å². The van der Waals surface area contributed by atoms with E-state index in [1.165, 1.54) is 6.33 Å². The molecule has 0 spiro atoms. The Morgan fingerprint density at radius 1 is 1.35 bits per heavy atom. The Morgan fingerprint density at radius 3 is 3.00 bits per heavy atom. The first-order valence-corrected chi connectivity index (χ1v) is 9.27. The zero-order chi connectivity index (χ0) is 18.1. The molecule has 2 aromatic heterocycles. The van der Waals surface area contributed by atoms with Gasteiger partial charge in [0.25, 0.3) is 0 Å². The zero-order valence-corrected chi connectivity index (χ0v) is 16.0. The first-order chi connectivity index (χ1) is 12.6. The van der Waals surface area contributed by atoms with E-state index in [2.05, 4.69) is 36.2 Å². The van der Waals surface area contributed by atoms with Crippen molar-refractivity contribution in [2.24, 2.45) is 0 Å². The Balaban J connectivity index is 1.51. The Hall–Kier alpha value is -2.38. The molecule has 3 aromatic rings. The van der Waals surface area contributed by atoms with Gasteiger partial charge in [0.1, 0.15) is 12.0 Å². The molecule has 0 saturated heterocycles. The highest BCUT2D eigenvalue weighted by molar-refractivity contribution is 9.10. The minimum absolute atomic E-state index is 0.120. The number of amides is 2. The Labute approximate surface area is 163 Å². The lowest BCUT2D eigenvalue weighted by atomic mass is 10.0. The van der Waals surface area contributed by atoms with Gasteiger partial charge in [-0.05, 0) is 30.2 Å². The second-order valence-electron chi connectivity index (χ2n) is 5.95. The van der Waals surface area contributed by atoms with Gasteiger partial charge in [0.05, 0.1) is 16.1 Å². The van der Waals surface area contributed by atoms with Gasteiger partial charge in [-0.3, -0.25) is 0 Å². The summed E-state index contributed by atoms with van der Waals surface area (Å²) in [5, 5.41) is 4.35. The Kier molecular flexibility index (Phi) is 4.65. The van der Waals surface area contributed by atoms with E-state index in [9.17, 15) is 4.79 Å². The van der Waals surface area contributed by atoms with E-state index in [0.717, 1.165) is 32.5 Å². The molecule has 0 radical (unpaired) electrons. The highest BCUT2D eigenvalue weighted by atomic mass is 79.9. The topological polar surface area (TPSA) is 73.9 Å². The summed E-state index contributed by atoms with van der Waals surface area (Å²) in [4.78, 5) is 25.9. The molecule has 0 fully saturated rings. The number of aromatic amines is 1. The van der Waals surface area contributed by atoms with Crippen LogP contribution in [0.2, 0.25) is 5.02 Å². The van der Waals surface area contributed by atoms with E-state index in [1.807, 2.05) is 30.3 Å². The number of rotatable bonds is 2. The maximum atomic E-state index is 12.5. The highest BCUT2D eigenvalue weighted by Crippen LogP contribution is 2.31. The van der Waals surface area contributed by atoms with Crippen molar-refractivity contribution in [2.45, 2.75) is 6.42 Å². The van der Waals surface area contributed by atoms with Crippen LogP contribution in [0.5, 0.6) is 0 Å². The summed E-state index contributed by atoms with van der Waals surface area (Å²) >= 11 is 9.67. The predicted molar refractivity (Wildman–Crippen MR) is 106 cm³/mol. The second-order valence-corrected chi connectivity index (χ2v) is 7.27.